The van der Waals surface area contributed by atoms with Crippen molar-refractivity contribution in [2.45, 2.75) is 233 Å². The van der Waals surface area contributed by atoms with Crippen LogP contribution in [-0.4, -0.2) is 159 Å². The van der Waals surface area contributed by atoms with E-state index in [1.165, 1.54) is 0 Å². The van der Waals surface area contributed by atoms with Crippen molar-refractivity contribution in [2.24, 2.45) is 47.3 Å². The smallest absolute Gasteiger partial charge is 0.317 e. The van der Waals surface area contributed by atoms with Crippen LogP contribution in [0.15, 0.2) is 60.7 Å². The molecule has 97 heavy (non-hydrogen) atoms. The van der Waals surface area contributed by atoms with Crippen LogP contribution < -0.4 is 10.4 Å². The van der Waals surface area contributed by atoms with Gasteiger partial charge in [-0.05, 0) is 267 Å². The second-order valence-electron chi connectivity index (χ2n) is 35.0. The molecule has 0 radical (unpaired) electrons. The van der Waals surface area contributed by atoms with Gasteiger partial charge in [-0.15, -0.1) is 0 Å². The Morgan fingerprint density at radius 1 is 0.278 bits per heavy atom. The van der Waals surface area contributed by atoms with Gasteiger partial charge in [-0.2, -0.15) is 0 Å². The Labute approximate surface area is 597 Å². The maximum Gasteiger partial charge on any atom is 0.317 e. The highest BCUT2D eigenvalue weighted by atomic mass is 29.3. The van der Waals surface area contributed by atoms with Crippen LogP contribution in [0.4, 0.5) is 0 Å². The standard InChI is InChI=1S/C60H118O21Si16/c1-82(2,51-43-45-41-49(51)55-53(45)57(61)65-59(55)63)67-68-97(47-37-33-31-34-38-47,48-39-35-32-36-40-48)96(29,30)81-95(27,28)80-94(25,26)79-93(23,24)78-92(21,22)77-91(19,20)76-90(17,18)75-89(15,16)74-88(13,14)73-87(11,12)72-86(9,10)71-85(7,8)70-84(5,6)69-83(3,4)52-44-46-42-50(52)56-54(46)58(62)66-60(56)64/h31-40,45-46,49-56H,41-44H2,1-30H3. The number of esters is 4. The molecule has 6 fully saturated rings. The van der Waals surface area contributed by atoms with E-state index in [1.807, 2.05) is 115 Å². The van der Waals surface area contributed by atoms with Crippen molar-refractivity contribution >= 4 is 169 Å². The molecule has 2 aromatic rings. The molecule has 2 saturated heterocycles. The van der Waals surface area contributed by atoms with Gasteiger partial charge >= 0.3 is 134 Å². The molecule has 0 amide bonds. The van der Waals surface area contributed by atoms with E-state index in [0.29, 0.717) is 0 Å². The third-order valence-corrected chi connectivity index (χ3v) is 88.5. The molecule has 10 unspecified atom stereocenters. The van der Waals surface area contributed by atoms with Crippen LogP contribution in [0.3, 0.4) is 0 Å². The first-order chi connectivity index (χ1) is 43.6. The fraction of sp³-hybridized carbons (Fsp3) is 0.733. The van der Waals surface area contributed by atoms with Gasteiger partial charge < -0.3 is 63.0 Å². The highest BCUT2D eigenvalue weighted by molar-refractivity contribution is 7.47. The molecule has 21 nitrogen and oxygen atoms in total. The molecule has 10 atom stereocenters. The van der Waals surface area contributed by atoms with Crippen LogP contribution in [0.25, 0.3) is 0 Å². The molecule has 4 bridgehead atoms. The van der Waals surface area contributed by atoms with E-state index in [-0.39, 0.29) is 76.4 Å². The number of hydrogen-bond acceptors (Lipinski definition) is 21. The lowest BCUT2D eigenvalue weighted by molar-refractivity contribution is -0.156. The average molecular weight is 1620 g/mol. The van der Waals surface area contributed by atoms with Crippen LogP contribution >= 0.6 is 0 Å². The summed E-state index contributed by atoms with van der Waals surface area (Å²) in [5.74, 6) is -2.42. The van der Waals surface area contributed by atoms with Crippen LogP contribution in [0.2, 0.25) is 207 Å². The van der Waals surface area contributed by atoms with Crippen molar-refractivity contribution in [3.05, 3.63) is 60.7 Å². The number of rotatable bonds is 34. The van der Waals surface area contributed by atoms with Gasteiger partial charge in [-0.25, -0.2) is 0 Å². The molecule has 2 aromatic carbocycles. The Balaban J connectivity index is 0.846. The zero-order valence-corrected chi connectivity index (χ0v) is 79.9. The Bertz CT molecular complexity index is 3170. The summed E-state index contributed by atoms with van der Waals surface area (Å²) in [7, 11) is -46.8. The number of cyclic esters (lactones) is 4. The third kappa shape index (κ3) is 19.8. The van der Waals surface area contributed by atoms with Crippen molar-refractivity contribution in [2.75, 3.05) is 0 Å². The van der Waals surface area contributed by atoms with E-state index >= 15 is 0 Å². The first-order valence-electron chi connectivity index (χ1n) is 34.8. The predicted molar refractivity (Wildman–Crippen MR) is 412 cm³/mol. The van der Waals surface area contributed by atoms with Crippen molar-refractivity contribution in [3.8, 4) is 0 Å². The van der Waals surface area contributed by atoms with Crippen molar-refractivity contribution < 1.29 is 91.3 Å². The molecule has 8 rings (SSSR count). The summed E-state index contributed by atoms with van der Waals surface area (Å²) in [5, 5.41) is 2.07. The van der Waals surface area contributed by atoms with Crippen LogP contribution in [0.1, 0.15) is 25.7 Å². The van der Waals surface area contributed by atoms with E-state index < -0.39 is 141 Å². The monoisotopic (exact) mass is 1620 g/mol. The fourth-order valence-corrected chi connectivity index (χ4v) is 108. The number of carbonyl (C=O) groups is 4. The first kappa shape index (κ1) is 82.2. The van der Waals surface area contributed by atoms with Gasteiger partial charge in [0.25, 0.3) is 0 Å². The lowest BCUT2D eigenvalue weighted by atomic mass is 9.81. The van der Waals surface area contributed by atoms with E-state index in [1.54, 1.807) is 0 Å². The molecule has 4 aliphatic carbocycles. The fourth-order valence-electron chi connectivity index (χ4n) is 18.9. The molecule has 2 aliphatic heterocycles. The maximum atomic E-state index is 13.1. The molecule has 4 saturated carbocycles. The second-order valence-corrected chi connectivity index (χ2v) is 98.7. The number of fused-ring (bicyclic) bond motifs is 10. The summed E-state index contributed by atoms with van der Waals surface area (Å²) in [6.07, 6.45) is 3.40. The normalized spacial score (nSPS) is 25.9. The Morgan fingerprint density at radius 2 is 0.515 bits per heavy atom. The number of hydrogen-bond donors (Lipinski definition) is 0. The zero-order chi connectivity index (χ0) is 73.2. The van der Waals surface area contributed by atoms with Gasteiger partial charge in [0.15, 0.2) is 8.32 Å². The average Bonchev–Trinajstić information content (AvgIpc) is 1.63. The lowest BCUT2D eigenvalue weighted by Gasteiger charge is -2.48. The number of benzene rings is 2. The van der Waals surface area contributed by atoms with Crippen LogP contribution in [-0.2, 0) is 91.3 Å². The SMILES string of the molecule is C[Si](C)(O[Si](C)(C)O[Si](C)(C)O[Si](C)(C)O[Si](C)(C)O[Si](C)(C)O[Si](C)(C)O[Si](C)(C)[Si](OO[Si](C)(C)C1CC2CC1C1C(=O)OC(=O)C21)(c1ccccc1)c1ccccc1)O[Si](C)(C)O[Si](C)(C)O[Si](C)(C)O[Si](C)(C)O[Si](C)(C)O[Si](C)(C)C1CC2CC1C1C(=O)OC(=O)C21. The van der Waals surface area contributed by atoms with Gasteiger partial charge in [0.1, 0.15) is 0 Å². The van der Waals surface area contributed by atoms with Gasteiger partial charge in [0, 0.05) is 0 Å². The molecule has 548 valence electrons. The first-order valence-corrected chi connectivity index (χ1v) is 80.3. The predicted octanol–water partition coefficient (Wildman–Crippen LogP) is 13.5. The molecular weight excluding hydrogens is 1510 g/mol. The summed E-state index contributed by atoms with van der Waals surface area (Å²) in [6, 6.07) is 20.8. The Kier molecular flexibility index (Phi) is 23.8. The molecular formula is C60H118O21Si16. The van der Waals surface area contributed by atoms with Gasteiger partial charge in [-0.3, -0.25) is 28.3 Å². The molecule has 6 aliphatic rings. The molecule has 0 N–H and O–H groups in total. The number of ether oxygens (including phenoxy) is 2. The zero-order valence-electron chi connectivity index (χ0n) is 63.9. The van der Waals surface area contributed by atoms with Gasteiger partial charge in [0.05, 0.1) is 23.7 Å². The lowest BCUT2D eigenvalue weighted by Crippen LogP contribution is -2.79. The summed E-state index contributed by atoms with van der Waals surface area (Å²) in [6.45, 7) is 62.7. The Morgan fingerprint density at radius 3 is 0.794 bits per heavy atom. The number of carbonyl (C=O) groups excluding carboxylic acids is 4. The van der Waals surface area contributed by atoms with Gasteiger partial charge in [-0.1, -0.05) is 60.7 Å². The minimum atomic E-state index is -3.43. The van der Waals surface area contributed by atoms with E-state index in [2.05, 4.69) is 142 Å². The van der Waals surface area contributed by atoms with E-state index in [9.17, 15) is 19.2 Å². The topological polar surface area (TPSA) is 225 Å². The summed E-state index contributed by atoms with van der Waals surface area (Å²) >= 11 is 0. The van der Waals surface area contributed by atoms with Gasteiger partial charge in [0.2, 0.25) is 16.2 Å². The molecule has 0 aromatic heterocycles. The maximum absolute atomic E-state index is 13.1. The quantitative estimate of drug-likeness (QED) is 0.0209. The van der Waals surface area contributed by atoms with Crippen LogP contribution in [0.5, 0.6) is 0 Å². The molecule has 0 spiro atoms. The second kappa shape index (κ2) is 28.1. The highest BCUT2D eigenvalue weighted by Crippen LogP contribution is 2.65. The largest absolute Gasteiger partial charge is 0.436 e. The molecule has 2 heterocycles. The molecule has 37 heteroatoms. The third-order valence-electron chi connectivity index (χ3n) is 19.3. The van der Waals surface area contributed by atoms with Crippen molar-refractivity contribution in [3.63, 3.8) is 0 Å². The summed E-state index contributed by atoms with van der Waals surface area (Å²) in [5.41, 5.74) is 0.346. The van der Waals surface area contributed by atoms with Crippen molar-refractivity contribution in [1.82, 2.24) is 0 Å². The highest BCUT2D eigenvalue weighted by Gasteiger charge is 2.69. The summed E-state index contributed by atoms with van der Waals surface area (Å²) in [4.78, 5) is 51.1. The van der Waals surface area contributed by atoms with E-state index in [4.69, 9.17) is 72.1 Å². The Hall–Kier alpha value is -0.410. The van der Waals surface area contributed by atoms with Crippen molar-refractivity contribution in [1.29, 1.82) is 0 Å². The minimum absolute atomic E-state index is 0.0178. The van der Waals surface area contributed by atoms with E-state index in [0.717, 1.165) is 36.1 Å². The minimum Gasteiger partial charge on any atom is -0.436 e. The summed E-state index contributed by atoms with van der Waals surface area (Å²) < 4.78 is 117. The van der Waals surface area contributed by atoms with Crippen LogP contribution in [0, 0.1) is 47.3 Å².